The van der Waals surface area contributed by atoms with Crippen molar-refractivity contribution in [3.63, 3.8) is 0 Å². The summed E-state index contributed by atoms with van der Waals surface area (Å²) in [7, 11) is -4.10. The van der Waals surface area contributed by atoms with Gasteiger partial charge >= 0.3 is 0 Å². The van der Waals surface area contributed by atoms with Crippen molar-refractivity contribution in [1.82, 2.24) is 0 Å². The van der Waals surface area contributed by atoms with Gasteiger partial charge in [0.15, 0.2) is 0 Å². The first-order chi connectivity index (χ1) is 9.31. The van der Waals surface area contributed by atoms with Crippen molar-refractivity contribution in [2.24, 2.45) is 0 Å². The van der Waals surface area contributed by atoms with Gasteiger partial charge in [-0.1, -0.05) is 23.7 Å². The zero-order chi connectivity index (χ0) is 14.9. The van der Waals surface area contributed by atoms with Crippen molar-refractivity contribution < 1.29 is 12.8 Å². The van der Waals surface area contributed by atoms with Crippen LogP contribution in [0.3, 0.4) is 0 Å². The summed E-state index contributed by atoms with van der Waals surface area (Å²) in [6.07, 6.45) is 0. The smallest absolute Gasteiger partial charge is 0.264 e. The summed E-state index contributed by atoms with van der Waals surface area (Å²) in [5.74, 6) is -0.865. The Bertz CT molecular complexity index is 763. The predicted octanol–water partition coefficient (Wildman–Crippen LogP) is 3.17. The van der Waals surface area contributed by atoms with Crippen LogP contribution in [0.2, 0.25) is 5.02 Å². The lowest BCUT2D eigenvalue weighted by molar-refractivity contribution is 0.570. The number of hydrogen-bond donors (Lipinski definition) is 2. The van der Waals surface area contributed by atoms with E-state index >= 15 is 0 Å². The molecule has 0 saturated carbocycles. The molecule has 4 nitrogen and oxygen atoms in total. The minimum absolute atomic E-state index is 0.174. The van der Waals surface area contributed by atoms with Crippen molar-refractivity contribution in [2.75, 3.05) is 10.5 Å². The fourth-order valence-electron chi connectivity index (χ4n) is 1.62. The Morgan fingerprint density at radius 1 is 1.25 bits per heavy atom. The van der Waals surface area contributed by atoms with Gasteiger partial charge in [0.1, 0.15) is 10.7 Å². The average molecular weight is 315 g/mol. The standard InChI is InChI=1S/C13H12ClFN2O2S/c1-8-6-10(15)13(7-11(8)16)20(18,19)17-12-5-3-2-4-9(12)14/h2-7,17H,16H2,1H3. The van der Waals surface area contributed by atoms with Gasteiger partial charge in [-0.15, -0.1) is 0 Å². The number of aryl methyl sites for hydroxylation is 1. The largest absolute Gasteiger partial charge is 0.398 e. The Kier molecular flexibility index (Phi) is 3.87. The molecule has 0 fully saturated rings. The van der Waals surface area contributed by atoms with E-state index in [-0.39, 0.29) is 16.4 Å². The third-order valence-corrected chi connectivity index (χ3v) is 4.44. The molecule has 2 aromatic rings. The van der Waals surface area contributed by atoms with Crippen LogP contribution in [0.25, 0.3) is 0 Å². The summed E-state index contributed by atoms with van der Waals surface area (Å²) < 4.78 is 40.4. The molecule has 0 radical (unpaired) electrons. The number of nitrogen functional groups attached to an aromatic ring is 1. The van der Waals surface area contributed by atoms with Crippen LogP contribution < -0.4 is 10.5 Å². The molecule has 0 saturated heterocycles. The van der Waals surface area contributed by atoms with E-state index < -0.39 is 20.7 Å². The number of sulfonamides is 1. The number of hydrogen-bond acceptors (Lipinski definition) is 3. The fourth-order valence-corrected chi connectivity index (χ4v) is 3.03. The van der Waals surface area contributed by atoms with Crippen LogP contribution in [0.1, 0.15) is 5.56 Å². The van der Waals surface area contributed by atoms with Gasteiger partial charge in [-0.3, -0.25) is 4.72 Å². The lowest BCUT2D eigenvalue weighted by Gasteiger charge is -2.11. The molecule has 0 amide bonds. The second-order valence-electron chi connectivity index (χ2n) is 4.22. The van der Waals surface area contributed by atoms with Gasteiger partial charge in [-0.05, 0) is 36.8 Å². The minimum Gasteiger partial charge on any atom is -0.398 e. The van der Waals surface area contributed by atoms with E-state index in [0.29, 0.717) is 5.56 Å². The van der Waals surface area contributed by atoms with Crippen molar-refractivity contribution in [3.8, 4) is 0 Å². The highest BCUT2D eigenvalue weighted by molar-refractivity contribution is 7.92. The summed E-state index contributed by atoms with van der Waals surface area (Å²) in [6, 6.07) is 8.45. The van der Waals surface area contributed by atoms with Crippen LogP contribution in [0.5, 0.6) is 0 Å². The Morgan fingerprint density at radius 3 is 2.55 bits per heavy atom. The molecule has 7 heteroatoms. The number of nitrogens with one attached hydrogen (secondary N) is 1. The molecule has 0 unspecified atom stereocenters. The van der Waals surface area contributed by atoms with Gasteiger partial charge in [0.25, 0.3) is 10.0 Å². The first-order valence-corrected chi connectivity index (χ1v) is 7.50. The first-order valence-electron chi connectivity index (χ1n) is 5.64. The molecular weight excluding hydrogens is 303 g/mol. The van der Waals surface area contributed by atoms with E-state index in [0.717, 1.165) is 12.1 Å². The average Bonchev–Trinajstić information content (AvgIpc) is 2.36. The Hall–Kier alpha value is -1.79. The summed E-state index contributed by atoms with van der Waals surface area (Å²) in [6.45, 7) is 1.59. The van der Waals surface area contributed by atoms with E-state index in [9.17, 15) is 12.8 Å². The zero-order valence-corrected chi connectivity index (χ0v) is 12.1. The fraction of sp³-hybridized carbons (Fsp3) is 0.0769. The Morgan fingerprint density at radius 2 is 1.90 bits per heavy atom. The topological polar surface area (TPSA) is 72.2 Å². The van der Waals surface area contributed by atoms with Crippen LogP contribution in [0.4, 0.5) is 15.8 Å². The molecule has 0 aliphatic heterocycles. The van der Waals surface area contributed by atoms with Crippen molar-refractivity contribution in [1.29, 1.82) is 0 Å². The molecule has 0 aromatic heterocycles. The Balaban J connectivity index is 2.47. The number of halogens is 2. The van der Waals surface area contributed by atoms with Crippen LogP contribution in [-0.2, 0) is 10.0 Å². The number of para-hydroxylation sites is 1. The summed E-state index contributed by atoms with van der Waals surface area (Å²) in [4.78, 5) is -0.513. The van der Waals surface area contributed by atoms with Gasteiger partial charge in [0.05, 0.1) is 10.7 Å². The zero-order valence-electron chi connectivity index (χ0n) is 10.5. The van der Waals surface area contributed by atoms with E-state index in [1.165, 1.54) is 12.1 Å². The SMILES string of the molecule is Cc1cc(F)c(S(=O)(=O)Nc2ccccc2Cl)cc1N. The van der Waals surface area contributed by atoms with E-state index in [4.69, 9.17) is 17.3 Å². The van der Waals surface area contributed by atoms with E-state index in [2.05, 4.69) is 4.72 Å². The van der Waals surface area contributed by atoms with Crippen LogP contribution >= 0.6 is 11.6 Å². The first kappa shape index (κ1) is 14.6. The molecule has 0 bridgehead atoms. The molecule has 3 N–H and O–H groups in total. The van der Waals surface area contributed by atoms with E-state index in [1.54, 1.807) is 19.1 Å². The highest BCUT2D eigenvalue weighted by Crippen LogP contribution is 2.27. The number of anilines is 2. The molecule has 2 aromatic carbocycles. The molecule has 0 spiro atoms. The van der Waals surface area contributed by atoms with Gasteiger partial charge in [0, 0.05) is 5.69 Å². The lowest BCUT2D eigenvalue weighted by Crippen LogP contribution is -2.15. The minimum atomic E-state index is -4.10. The Labute approximate surface area is 121 Å². The van der Waals surface area contributed by atoms with E-state index in [1.807, 2.05) is 0 Å². The predicted molar refractivity (Wildman–Crippen MR) is 77.8 cm³/mol. The molecule has 106 valence electrons. The van der Waals surface area contributed by atoms with Crippen LogP contribution in [0.15, 0.2) is 41.3 Å². The monoisotopic (exact) mass is 314 g/mol. The third kappa shape index (κ3) is 2.86. The van der Waals surface area contributed by atoms with Gasteiger partial charge in [-0.25, -0.2) is 12.8 Å². The number of benzene rings is 2. The molecule has 0 heterocycles. The van der Waals surface area contributed by atoms with Gasteiger partial charge in [0.2, 0.25) is 0 Å². The lowest BCUT2D eigenvalue weighted by atomic mass is 10.2. The highest BCUT2D eigenvalue weighted by Gasteiger charge is 2.21. The van der Waals surface area contributed by atoms with Gasteiger partial charge in [-0.2, -0.15) is 0 Å². The quantitative estimate of drug-likeness (QED) is 0.855. The number of nitrogens with two attached hydrogens (primary N) is 1. The van der Waals surface area contributed by atoms with Crippen molar-refractivity contribution >= 4 is 33.0 Å². The van der Waals surface area contributed by atoms with Crippen molar-refractivity contribution in [3.05, 3.63) is 52.8 Å². The maximum absolute atomic E-state index is 13.8. The number of rotatable bonds is 3. The molecule has 20 heavy (non-hydrogen) atoms. The van der Waals surface area contributed by atoms with Crippen molar-refractivity contribution in [2.45, 2.75) is 11.8 Å². The molecular formula is C13H12ClFN2O2S. The van der Waals surface area contributed by atoms with Crippen LogP contribution in [-0.4, -0.2) is 8.42 Å². The second kappa shape index (κ2) is 5.30. The molecule has 0 aliphatic rings. The van der Waals surface area contributed by atoms with Crippen LogP contribution in [0, 0.1) is 12.7 Å². The maximum Gasteiger partial charge on any atom is 0.264 e. The highest BCUT2D eigenvalue weighted by atomic mass is 35.5. The third-order valence-electron chi connectivity index (χ3n) is 2.73. The molecule has 0 aliphatic carbocycles. The molecule has 2 rings (SSSR count). The summed E-state index contributed by atoms with van der Waals surface area (Å²) in [5, 5.41) is 0.219. The second-order valence-corrected chi connectivity index (χ2v) is 6.28. The molecule has 0 atom stereocenters. The summed E-state index contributed by atoms with van der Waals surface area (Å²) in [5.41, 5.74) is 6.47. The van der Waals surface area contributed by atoms with Gasteiger partial charge < -0.3 is 5.73 Å². The normalized spacial score (nSPS) is 11.3. The summed E-state index contributed by atoms with van der Waals surface area (Å²) >= 11 is 5.87. The maximum atomic E-state index is 13.8.